The molecule has 2 amide bonds. The lowest BCUT2D eigenvalue weighted by Crippen LogP contribution is -2.29. The molecule has 1 saturated heterocycles. The van der Waals surface area contributed by atoms with Crippen LogP contribution in [0.15, 0.2) is 42.5 Å². The van der Waals surface area contributed by atoms with Crippen LogP contribution in [0.1, 0.15) is 39.9 Å². The fraction of sp³-hybridized carbons (Fsp3) is 0.333. The third kappa shape index (κ3) is 4.08. The summed E-state index contributed by atoms with van der Waals surface area (Å²) in [5.41, 5.74) is 4.41. The molecule has 2 aromatic rings. The number of hydrogen-bond acceptors (Lipinski definition) is 2. The smallest absolute Gasteiger partial charge is 0.255 e. The Hall–Kier alpha value is -2.62. The molecule has 0 spiro atoms. The first-order valence-corrected chi connectivity index (χ1v) is 8.79. The monoisotopic (exact) mass is 336 g/mol. The average molecular weight is 336 g/mol. The summed E-state index contributed by atoms with van der Waals surface area (Å²) >= 11 is 0. The molecular formula is C21H24N2O2. The quantitative estimate of drug-likeness (QED) is 0.925. The fourth-order valence-electron chi connectivity index (χ4n) is 3.23. The first-order valence-electron chi connectivity index (χ1n) is 8.79. The van der Waals surface area contributed by atoms with Crippen LogP contribution in [0.3, 0.4) is 0 Å². The van der Waals surface area contributed by atoms with Crippen LogP contribution in [0.4, 0.5) is 5.69 Å². The van der Waals surface area contributed by atoms with E-state index in [-0.39, 0.29) is 11.8 Å². The summed E-state index contributed by atoms with van der Waals surface area (Å²) in [7, 11) is 0. The van der Waals surface area contributed by atoms with E-state index in [0.29, 0.717) is 17.7 Å². The number of carbonyl (C=O) groups is 2. The van der Waals surface area contributed by atoms with E-state index in [1.54, 1.807) is 12.1 Å². The Morgan fingerprint density at radius 2 is 1.76 bits per heavy atom. The molecule has 130 valence electrons. The summed E-state index contributed by atoms with van der Waals surface area (Å²) in [6.45, 7) is 5.62. The number of benzene rings is 2. The number of hydrogen-bond donors (Lipinski definition) is 1. The van der Waals surface area contributed by atoms with Crippen LogP contribution in [0, 0.1) is 13.8 Å². The zero-order chi connectivity index (χ0) is 17.8. The number of nitrogens with zero attached hydrogens (tertiary/aromatic N) is 1. The van der Waals surface area contributed by atoms with Gasteiger partial charge >= 0.3 is 0 Å². The number of carbonyl (C=O) groups excluding carboxylic acids is 2. The molecule has 1 N–H and O–H groups in total. The van der Waals surface area contributed by atoms with Gasteiger partial charge in [0.2, 0.25) is 5.91 Å². The maximum Gasteiger partial charge on any atom is 0.255 e. The topological polar surface area (TPSA) is 49.4 Å². The second-order valence-electron chi connectivity index (χ2n) is 6.70. The third-order valence-electron chi connectivity index (χ3n) is 4.68. The highest BCUT2D eigenvalue weighted by Gasteiger charge is 2.22. The molecule has 25 heavy (non-hydrogen) atoms. The van der Waals surface area contributed by atoms with Crippen LogP contribution in [0.5, 0.6) is 0 Å². The lowest BCUT2D eigenvalue weighted by atomic mass is 10.0. The molecule has 0 radical (unpaired) electrons. The Bertz CT molecular complexity index is 792. The molecule has 0 atom stereocenters. The predicted octanol–water partition coefficient (Wildman–Crippen LogP) is 3.72. The van der Waals surface area contributed by atoms with Crippen molar-refractivity contribution in [1.82, 2.24) is 4.90 Å². The standard InChI is InChI=1S/C21H24N2O2/c1-15-9-10-16(2)17(13-15)14-20(24)22-19-8-4-3-7-18(19)21(25)23-11-5-6-12-23/h3-4,7-10,13H,5-6,11-12,14H2,1-2H3,(H,22,24). The second kappa shape index (κ2) is 7.51. The van der Waals surface area contributed by atoms with Crippen LogP contribution in [-0.2, 0) is 11.2 Å². The summed E-state index contributed by atoms with van der Waals surface area (Å²) in [6.07, 6.45) is 2.40. The summed E-state index contributed by atoms with van der Waals surface area (Å²) < 4.78 is 0. The van der Waals surface area contributed by atoms with E-state index in [2.05, 4.69) is 5.32 Å². The van der Waals surface area contributed by atoms with Crippen molar-refractivity contribution in [2.75, 3.05) is 18.4 Å². The number of para-hydroxylation sites is 1. The number of anilines is 1. The molecule has 1 fully saturated rings. The average Bonchev–Trinajstić information content (AvgIpc) is 3.12. The van der Waals surface area contributed by atoms with Gasteiger partial charge in [-0.15, -0.1) is 0 Å². The van der Waals surface area contributed by atoms with Gasteiger partial charge in [0.1, 0.15) is 0 Å². The van der Waals surface area contributed by atoms with Crippen LogP contribution in [0.2, 0.25) is 0 Å². The Labute approximate surface area is 148 Å². The molecule has 0 saturated carbocycles. The molecule has 0 aromatic heterocycles. The van der Waals surface area contributed by atoms with E-state index in [0.717, 1.165) is 42.6 Å². The minimum atomic E-state index is -0.102. The largest absolute Gasteiger partial charge is 0.339 e. The number of rotatable bonds is 4. The lowest BCUT2D eigenvalue weighted by molar-refractivity contribution is -0.115. The lowest BCUT2D eigenvalue weighted by Gasteiger charge is -2.18. The maximum atomic E-state index is 12.7. The first-order chi connectivity index (χ1) is 12.0. The van der Waals surface area contributed by atoms with Crippen molar-refractivity contribution in [3.05, 3.63) is 64.7 Å². The molecule has 0 unspecified atom stereocenters. The van der Waals surface area contributed by atoms with Gasteiger partial charge in [-0.1, -0.05) is 35.9 Å². The Kier molecular flexibility index (Phi) is 5.17. The normalized spacial score (nSPS) is 13.8. The summed E-state index contributed by atoms with van der Waals surface area (Å²) in [4.78, 5) is 27.0. The van der Waals surface area contributed by atoms with Crippen LogP contribution in [-0.4, -0.2) is 29.8 Å². The van der Waals surface area contributed by atoms with E-state index in [9.17, 15) is 9.59 Å². The molecule has 2 aromatic carbocycles. The highest BCUT2D eigenvalue weighted by molar-refractivity contribution is 6.04. The Balaban J connectivity index is 1.75. The zero-order valence-electron chi connectivity index (χ0n) is 14.8. The van der Waals surface area contributed by atoms with Gasteiger partial charge in [-0.25, -0.2) is 0 Å². The van der Waals surface area contributed by atoms with Crippen molar-refractivity contribution in [1.29, 1.82) is 0 Å². The van der Waals surface area contributed by atoms with Crippen LogP contribution < -0.4 is 5.32 Å². The van der Waals surface area contributed by atoms with E-state index in [1.807, 2.05) is 49.1 Å². The van der Waals surface area contributed by atoms with Crippen LogP contribution in [0.25, 0.3) is 0 Å². The summed E-state index contributed by atoms with van der Waals surface area (Å²) in [5.74, 6) is -0.101. The number of amides is 2. The minimum Gasteiger partial charge on any atom is -0.339 e. The van der Waals surface area contributed by atoms with Gasteiger partial charge in [0, 0.05) is 13.1 Å². The van der Waals surface area contributed by atoms with Gasteiger partial charge in [-0.3, -0.25) is 9.59 Å². The molecule has 0 bridgehead atoms. The second-order valence-corrected chi connectivity index (χ2v) is 6.70. The third-order valence-corrected chi connectivity index (χ3v) is 4.68. The molecule has 4 nitrogen and oxygen atoms in total. The zero-order valence-corrected chi connectivity index (χ0v) is 14.8. The van der Waals surface area contributed by atoms with E-state index in [1.165, 1.54) is 0 Å². The highest BCUT2D eigenvalue weighted by atomic mass is 16.2. The molecule has 0 aliphatic carbocycles. The molecule has 1 heterocycles. The van der Waals surface area contributed by atoms with E-state index < -0.39 is 0 Å². The number of likely N-dealkylation sites (tertiary alicyclic amines) is 1. The van der Waals surface area contributed by atoms with E-state index in [4.69, 9.17) is 0 Å². The Morgan fingerprint density at radius 1 is 1.04 bits per heavy atom. The molecule has 1 aliphatic rings. The number of nitrogens with one attached hydrogen (secondary N) is 1. The Morgan fingerprint density at radius 3 is 2.52 bits per heavy atom. The maximum absolute atomic E-state index is 12.7. The predicted molar refractivity (Wildman–Crippen MR) is 99.8 cm³/mol. The van der Waals surface area contributed by atoms with E-state index >= 15 is 0 Å². The minimum absolute atomic E-state index is 0.000126. The van der Waals surface area contributed by atoms with Gasteiger partial charge in [-0.2, -0.15) is 0 Å². The molecule has 4 heteroatoms. The van der Waals surface area contributed by atoms with Crippen molar-refractivity contribution < 1.29 is 9.59 Å². The van der Waals surface area contributed by atoms with Crippen LogP contribution >= 0.6 is 0 Å². The van der Waals surface area contributed by atoms with Gasteiger partial charge in [0.25, 0.3) is 5.91 Å². The summed E-state index contributed by atoms with van der Waals surface area (Å²) in [5, 5.41) is 2.92. The fourth-order valence-corrected chi connectivity index (χ4v) is 3.23. The van der Waals surface area contributed by atoms with Gasteiger partial charge in [-0.05, 0) is 49.9 Å². The van der Waals surface area contributed by atoms with Gasteiger partial charge in [0.05, 0.1) is 17.7 Å². The van der Waals surface area contributed by atoms with Gasteiger partial charge in [0.15, 0.2) is 0 Å². The van der Waals surface area contributed by atoms with Crippen molar-refractivity contribution in [3.63, 3.8) is 0 Å². The van der Waals surface area contributed by atoms with Crippen molar-refractivity contribution >= 4 is 17.5 Å². The number of aryl methyl sites for hydroxylation is 2. The SMILES string of the molecule is Cc1ccc(C)c(CC(=O)Nc2ccccc2C(=O)N2CCCC2)c1. The van der Waals surface area contributed by atoms with Crippen molar-refractivity contribution in [2.45, 2.75) is 33.1 Å². The summed E-state index contributed by atoms with van der Waals surface area (Å²) in [6, 6.07) is 13.4. The molecule has 3 rings (SSSR count). The van der Waals surface area contributed by atoms with Crippen molar-refractivity contribution in [2.24, 2.45) is 0 Å². The highest BCUT2D eigenvalue weighted by Crippen LogP contribution is 2.21. The molecule has 1 aliphatic heterocycles. The molecular weight excluding hydrogens is 312 g/mol. The van der Waals surface area contributed by atoms with Crippen molar-refractivity contribution in [3.8, 4) is 0 Å². The van der Waals surface area contributed by atoms with Gasteiger partial charge < -0.3 is 10.2 Å². The first kappa shape index (κ1) is 17.2.